The fourth-order valence-electron chi connectivity index (χ4n) is 3.56. The lowest BCUT2D eigenvalue weighted by Crippen LogP contribution is -2.28. The van der Waals surface area contributed by atoms with Crippen molar-refractivity contribution in [1.29, 1.82) is 0 Å². The van der Waals surface area contributed by atoms with E-state index in [-0.39, 0.29) is 11.8 Å². The van der Waals surface area contributed by atoms with Gasteiger partial charge in [-0.25, -0.2) is 4.98 Å². The number of benzene rings is 1. The number of thiazole rings is 1. The van der Waals surface area contributed by atoms with Crippen LogP contribution in [-0.4, -0.2) is 23.3 Å². The number of furan rings is 1. The van der Waals surface area contributed by atoms with E-state index in [0.717, 1.165) is 27.6 Å². The number of hydrogen-bond donors (Lipinski definition) is 1. The smallest absolute Gasteiger partial charge is 0.267 e. The van der Waals surface area contributed by atoms with Gasteiger partial charge < -0.3 is 14.6 Å². The first-order valence-corrected chi connectivity index (χ1v) is 11.5. The second-order valence-electron chi connectivity index (χ2n) is 7.05. The Morgan fingerprint density at radius 1 is 1.19 bits per heavy atom. The van der Waals surface area contributed by atoms with Crippen LogP contribution in [-0.2, 0) is 6.42 Å². The van der Waals surface area contributed by atoms with Gasteiger partial charge in [0, 0.05) is 17.9 Å². The minimum absolute atomic E-state index is 0.0919. The van der Waals surface area contributed by atoms with E-state index in [1.807, 2.05) is 37.3 Å². The molecule has 1 aliphatic heterocycles. The molecule has 0 unspecified atom stereocenters. The average Bonchev–Trinajstić information content (AvgIpc) is 3.53. The second kappa shape index (κ2) is 7.96. The van der Waals surface area contributed by atoms with Crippen molar-refractivity contribution in [3.8, 4) is 9.88 Å². The fraction of sp³-hybridized carbons (Fsp3) is 0.136. The molecule has 1 aromatic carbocycles. The first-order chi connectivity index (χ1) is 15.0. The highest BCUT2D eigenvalue weighted by molar-refractivity contribution is 7.24. The molecule has 9 heteroatoms. The molecule has 0 fully saturated rings. The molecular formula is C22H16ClN3O3S2. The summed E-state index contributed by atoms with van der Waals surface area (Å²) in [5.74, 6) is -0.293. The Morgan fingerprint density at radius 2 is 2.06 bits per heavy atom. The van der Waals surface area contributed by atoms with E-state index in [0.29, 0.717) is 32.7 Å². The van der Waals surface area contributed by atoms with Crippen LogP contribution in [0.15, 0.2) is 53.3 Å². The molecular weight excluding hydrogens is 454 g/mol. The summed E-state index contributed by atoms with van der Waals surface area (Å²) < 4.78 is 5.71. The fourth-order valence-corrected chi connectivity index (χ4v) is 5.62. The summed E-state index contributed by atoms with van der Waals surface area (Å²) in [6.07, 6.45) is 3.67. The Hall–Kier alpha value is -2.94. The normalized spacial score (nSPS) is 12.8. The number of hydrogen-bond acceptors (Lipinski definition) is 6. The molecule has 3 aromatic heterocycles. The van der Waals surface area contributed by atoms with Crippen LogP contribution < -0.4 is 10.2 Å². The van der Waals surface area contributed by atoms with E-state index < -0.39 is 0 Å². The monoisotopic (exact) mass is 469 g/mol. The number of anilines is 2. The number of carbonyl (C=O) groups is 2. The number of nitrogens with zero attached hydrogens (tertiary/aromatic N) is 2. The Labute approximate surface area is 191 Å². The number of aromatic nitrogens is 1. The summed E-state index contributed by atoms with van der Waals surface area (Å²) in [4.78, 5) is 33.3. The molecule has 5 rings (SSSR count). The van der Waals surface area contributed by atoms with E-state index in [1.54, 1.807) is 11.0 Å². The molecule has 0 saturated carbocycles. The summed E-state index contributed by atoms with van der Waals surface area (Å²) in [5.41, 5.74) is 3.77. The summed E-state index contributed by atoms with van der Waals surface area (Å²) >= 11 is 8.80. The van der Waals surface area contributed by atoms with Crippen molar-refractivity contribution in [2.24, 2.45) is 0 Å². The van der Waals surface area contributed by atoms with E-state index in [4.69, 9.17) is 16.0 Å². The van der Waals surface area contributed by atoms with Crippen molar-refractivity contribution in [1.82, 2.24) is 4.98 Å². The van der Waals surface area contributed by atoms with Gasteiger partial charge in [-0.2, -0.15) is 0 Å². The van der Waals surface area contributed by atoms with Crippen LogP contribution in [0.3, 0.4) is 0 Å². The molecule has 4 heterocycles. The SMILES string of the molecule is Cc1nc(-c2ccc(Cl)s2)sc1C(=O)Nc1ccc2c(c1)CCN2C(=O)c1ccoc1. The maximum atomic E-state index is 12.9. The van der Waals surface area contributed by atoms with Gasteiger partial charge in [0.25, 0.3) is 11.8 Å². The van der Waals surface area contributed by atoms with Crippen LogP contribution in [0.25, 0.3) is 9.88 Å². The topological polar surface area (TPSA) is 75.4 Å². The van der Waals surface area contributed by atoms with Crippen molar-refractivity contribution < 1.29 is 14.0 Å². The highest BCUT2D eigenvalue weighted by Gasteiger charge is 2.26. The van der Waals surface area contributed by atoms with E-state index in [9.17, 15) is 9.59 Å². The van der Waals surface area contributed by atoms with Crippen LogP contribution >= 0.6 is 34.3 Å². The maximum Gasteiger partial charge on any atom is 0.267 e. The standard InChI is InChI=1S/C22H16ClN3O3S2/c1-12-19(31-21(24-12)17-4-5-18(23)30-17)20(27)25-15-2-3-16-13(10-15)6-8-26(16)22(28)14-7-9-29-11-14/h2-5,7,9-11H,6,8H2,1H3,(H,25,27). The molecule has 0 spiro atoms. The molecule has 0 saturated heterocycles. The lowest BCUT2D eigenvalue weighted by Gasteiger charge is -2.16. The van der Waals surface area contributed by atoms with Crippen LogP contribution in [0.5, 0.6) is 0 Å². The number of amides is 2. The molecule has 0 bridgehead atoms. The quantitative estimate of drug-likeness (QED) is 0.405. The van der Waals surface area contributed by atoms with Crippen LogP contribution in [0.2, 0.25) is 4.34 Å². The second-order valence-corrected chi connectivity index (χ2v) is 9.77. The van der Waals surface area contributed by atoms with Crippen LogP contribution in [0.4, 0.5) is 11.4 Å². The van der Waals surface area contributed by atoms with E-state index in [1.165, 1.54) is 35.2 Å². The summed E-state index contributed by atoms with van der Waals surface area (Å²) in [6.45, 7) is 2.42. The predicted octanol–water partition coefficient (Wildman–Crippen LogP) is 5.88. The predicted molar refractivity (Wildman–Crippen MR) is 124 cm³/mol. The molecule has 0 radical (unpaired) electrons. The third kappa shape index (κ3) is 3.78. The van der Waals surface area contributed by atoms with Gasteiger partial charge in [0.2, 0.25) is 0 Å². The van der Waals surface area contributed by atoms with Gasteiger partial charge in [-0.3, -0.25) is 9.59 Å². The van der Waals surface area contributed by atoms with Gasteiger partial charge in [-0.05, 0) is 55.3 Å². The number of nitrogens with one attached hydrogen (secondary N) is 1. The zero-order valence-corrected chi connectivity index (χ0v) is 18.7. The summed E-state index contributed by atoms with van der Waals surface area (Å²) in [7, 11) is 0. The highest BCUT2D eigenvalue weighted by atomic mass is 35.5. The van der Waals surface area contributed by atoms with Gasteiger partial charge >= 0.3 is 0 Å². The van der Waals surface area contributed by atoms with Crippen LogP contribution in [0.1, 0.15) is 31.3 Å². The van der Waals surface area contributed by atoms with Gasteiger partial charge in [-0.1, -0.05) is 11.6 Å². The van der Waals surface area contributed by atoms with Crippen molar-refractivity contribution in [3.05, 3.63) is 75.0 Å². The zero-order chi connectivity index (χ0) is 21.5. The number of halogens is 1. The largest absolute Gasteiger partial charge is 0.472 e. The maximum absolute atomic E-state index is 12.9. The number of rotatable bonds is 4. The Morgan fingerprint density at radius 3 is 2.81 bits per heavy atom. The van der Waals surface area contributed by atoms with Crippen molar-refractivity contribution in [2.75, 3.05) is 16.8 Å². The minimum Gasteiger partial charge on any atom is -0.472 e. The van der Waals surface area contributed by atoms with E-state index in [2.05, 4.69) is 10.3 Å². The van der Waals surface area contributed by atoms with Gasteiger partial charge in [0.1, 0.15) is 16.1 Å². The van der Waals surface area contributed by atoms with Crippen molar-refractivity contribution in [3.63, 3.8) is 0 Å². The van der Waals surface area contributed by atoms with Gasteiger partial charge in [-0.15, -0.1) is 22.7 Å². The third-order valence-electron chi connectivity index (χ3n) is 5.03. The Bertz CT molecular complexity index is 1290. The zero-order valence-electron chi connectivity index (χ0n) is 16.3. The van der Waals surface area contributed by atoms with Crippen molar-refractivity contribution >= 4 is 57.5 Å². The number of fused-ring (bicyclic) bond motifs is 1. The van der Waals surface area contributed by atoms with Crippen LogP contribution in [0, 0.1) is 6.92 Å². The molecule has 6 nitrogen and oxygen atoms in total. The molecule has 1 aliphatic rings. The molecule has 156 valence electrons. The van der Waals surface area contributed by atoms with E-state index >= 15 is 0 Å². The molecule has 0 atom stereocenters. The molecule has 0 aliphatic carbocycles. The molecule has 31 heavy (non-hydrogen) atoms. The van der Waals surface area contributed by atoms with Gasteiger partial charge in [0.05, 0.1) is 26.7 Å². The highest BCUT2D eigenvalue weighted by Crippen LogP contribution is 2.36. The average molecular weight is 470 g/mol. The Balaban J connectivity index is 1.34. The Kier molecular flexibility index (Phi) is 5.13. The number of aryl methyl sites for hydroxylation is 1. The first kappa shape index (κ1) is 20.0. The third-order valence-corrected chi connectivity index (χ3v) is 7.59. The lowest BCUT2D eigenvalue weighted by molar-refractivity contribution is 0.0987. The molecule has 2 amide bonds. The molecule has 4 aromatic rings. The molecule has 1 N–H and O–H groups in total. The van der Waals surface area contributed by atoms with Crippen molar-refractivity contribution in [2.45, 2.75) is 13.3 Å². The van der Waals surface area contributed by atoms with Gasteiger partial charge in [0.15, 0.2) is 0 Å². The lowest BCUT2D eigenvalue weighted by atomic mass is 10.1. The first-order valence-electron chi connectivity index (χ1n) is 9.51. The number of carbonyl (C=O) groups excluding carboxylic acids is 2. The number of thiophene rings is 1. The minimum atomic E-state index is -0.201. The summed E-state index contributed by atoms with van der Waals surface area (Å²) in [5, 5.41) is 3.74. The summed E-state index contributed by atoms with van der Waals surface area (Å²) in [6, 6.07) is 11.0.